The molecule has 0 aliphatic heterocycles. The second-order valence-electron chi connectivity index (χ2n) is 2.70. The van der Waals surface area contributed by atoms with Crippen LogP contribution < -0.4 is 4.74 Å². The summed E-state index contributed by atoms with van der Waals surface area (Å²) < 4.78 is 5.14. The van der Waals surface area contributed by atoms with E-state index in [0.717, 1.165) is 5.56 Å². The van der Waals surface area contributed by atoms with Crippen LogP contribution >= 0.6 is 11.6 Å². The van der Waals surface area contributed by atoms with Crippen LogP contribution in [0.15, 0.2) is 29.4 Å². The van der Waals surface area contributed by atoms with E-state index in [2.05, 4.69) is 10.0 Å². The first-order chi connectivity index (χ1) is 7.27. The summed E-state index contributed by atoms with van der Waals surface area (Å²) in [6.07, 6.45) is 3.58. The molecule has 0 spiro atoms. The first kappa shape index (κ1) is 11.4. The van der Waals surface area contributed by atoms with Crippen molar-refractivity contribution in [1.29, 1.82) is 0 Å². The van der Waals surface area contributed by atoms with Crippen LogP contribution in [0.4, 0.5) is 0 Å². The topological polar surface area (TPSA) is 58.0 Å². The van der Waals surface area contributed by atoms with Gasteiger partial charge in [-0.25, -0.2) is 0 Å². The predicted octanol–water partition coefficient (Wildman–Crippen LogP) is 3.67. The second-order valence-corrected chi connectivity index (χ2v) is 3.14. The maximum atomic E-state index is 8.08. The summed E-state index contributed by atoms with van der Waals surface area (Å²) in [6.45, 7) is 0.322. The molecule has 0 amide bonds. The van der Waals surface area contributed by atoms with Crippen LogP contribution in [0.3, 0.4) is 0 Å². The molecule has 0 aliphatic carbocycles. The van der Waals surface area contributed by atoms with Gasteiger partial charge in [0, 0.05) is 22.0 Å². The van der Waals surface area contributed by atoms with Crippen molar-refractivity contribution in [3.8, 4) is 5.75 Å². The van der Waals surface area contributed by atoms with Gasteiger partial charge in [0.25, 0.3) is 0 Å². The third-order valence-electron chi connectivity index (χ3n) is 1.74. The lowest BCUT2D eigenvalue weighted by Gasteiger charge is -2.04. The standard InChI is InChI=1S/C10H10ClN3O/c1-15-10-7-9(11)5-4-8(10)3-2-6-13-14-12/h2-5,7H,6H2,1H3. The third-order valence-corrected chi connectivity index (χ3v) is 1.98. The Balaban J connectivity index is 2.84. The number of benzene rings is 1. The molecule has 15 heavy (non-hydrogen) atoms. The average molecular weight is 224 g/mol. The van der Waals surface area contributed by atoms with Gasteiger partial charge >= 0.3 is 0 Å². The third kappa shape index (κ3) is 3.54. The van der Waals surface area contributed by atoms with Gasteiger partial charge in [0.2, 0.25) is 0 Å². The fraction of sp³-hybridized carbons (Fsp3) is 0.200. The van der Waals surface area contributed by atoms with E-state index >= 15 is 0 Å². The summed E-state index contributed by atoms with van der Waals surface area (Å²) in [4.78, 5) is 2.64. The van der Waals surface area contributed by atoms with Gasteiger partial charge in [-0.2, -0.15) is 0 Å². The molecule has 0 atom stereocenters. The Hall–Kier alpha value is -1.64. The summed E-state index contributed by atoms with van der Waals surface area (Å²) >= 11 is 5.81. The molecule has 78 valence electrons. The molecule has 0 fully saturated rings. The van der Waals surface area contributed by atoms with E-state index in [1.807, 2.05) is 12.1 Å². The molecular weight excluding hydrogens is 214 g/mol. The van der Waals surface area contributed by atoms with Crippen LogP contribution in [0.2, 0.25) is 5.02 Å². The molecule has 0 saturated heterocycles. The lowest BCUT2D eigenvalue weighted by molar-refractivity contribution is 0.414. The number of azide groups is 1. The molecule has 0 aliphatic rings. The highest BCUT2D eigenvalue weighted by Gasteiger charge is 1.99. The average Bonchev–Trinajstić information content (AvgIpc) is 2.26. The molecule has 4 nitrogen and oxygen atoms in total. The SMILES string of the molecule is COc1cc(Cl)ccc1C=CCN=[N+]=[N-]. The first-order valence-corrected chi connectivity index (χ1v) is 4.66. The zero-order valence-corrected chi connectivity index (χ0v) is 8.98. The highest BCUT2D eigenvalue weighted by molar-refractivity contribution is 6.30. The molecule has 0 N–H and O–H groups in total. The number of hydrogen-bond donors (Lipinski definition) is 0. The molecular formula is C10H10ClN3O. The number of halogens is 1. The molecule has 1 aromatic carbocycles. The van der Waals surface area contributed by atoms with Gasteiger partial charge in [0.05, 0.1) is 7.11 Å². The Bertz CT molecular complexity index is 411. The van der Waals surface area contributed by atoms with E-state index < -0.39 is 0 Å². The van der Waals surface area contributed by atoms with Crippen LogP contribution in [0.25, 0.3) is 16.5 Å². The molecule has 0 unspecified atom stereocenters. The van der Waals surface area contributed by atoms with Crippen molar-refractivity contribution in [2.24, 2.45) is 5.11 Å². The van der Waals surface area contributed by atoms with Crippen molar-refractivity contribution in [3.05, 3.63) is 45.3 Å². The molecule has 0 heterocycles. The minimum atomic E-state index is 0.322. The fourth-order valence-corrected chi connectivity index (χ4v) is 1.25. The van der Waals surface area contributed by atoms with Crippen molar-refractivity contribution in [2.75, 3.05) is 13.7 Å². The number of nitrogens with zero attached hydrogens (tertiary/aromatic N) is 3. The highest BCUT2D eigenvalue weighted by Crippen LogP contribution is 2.23. The second kappa shape index (κ2) is 5.96. The Morgan fingerprint density at radius 3 is 3.07 bits per heavy atom. The van der Waals surface area contributed by atoms with E-state index in [4.69, 9.17) is 21.9 Å². The van der Waals surface area contributed by atoms with Gasteiger partial charge in [-0.3, -0.25) is 0 Å². The lowest BCUT2D eigenvalue weighted by atomic mass is 10.2. The van der Waals surface area contributed by atoms with Crippen LogP contribution in [-0.2, 0) is 0 Å². The molecule has 0 saturated carbocycles. The highest BCUT2D eigenvalue weighted by atomic mass is 35.5. The largest absolute Gasteiger partial charge is 0.496 e. The quantitative estimate of drug-likeness (QED) is 0.436. The van der Waals surface area contributed by atoms with Crippen LogP contribution in [0, 0.1) is 0 Å². The van der Waals surface area contributed by atoms with Gasteiger partial charge in [-0.15, -0.1) is 0 Å². The fourth-order valence-electron chi connectivity index (χ4n) is 1.09. The Morgan fingerprint density at radius 1 is 1.60 bits per heavy atom. The lowest BCUT2D eigenvalue weighted by Crippen LogP contribution is -1.86. The minimum absolute atomic E-state index is 0.322. The molecule has 0 aromatic heterocycles. The predicted molar refractivity (Wildman–Crippen MR) is 61.1 cm³/mol. The van der Waals surface area contributed by atoms with Crippen molar-refractivity contribution >= 4 is 17.7 Å². The zero-order valence-electron chi connectivity index (χ0n) is 8.22. The van der Waals surface area contributed by atoms with E-state index in [9.17, 15) is 0 Å². The maximum Gasteiger partial charge on any atom is 0.127 e. The van der Waals surface area contributed by atoms with Gasteiger partial charge in [0.1, 0.15) is 5.75 Å². The number of rotatable bonds is 4. The first-order valence-electron chi connectivity index (χ1n) is 4.29. The normalized spacial score (nSPS) is 10.0. The van der Waals surface area contributed by atoms with Crippen molar-refractivity contribution in [1.82, 2.24) is 0 Å². The van der Waals surface area contributed by atoms with Crippen LogP contribution in [0.1, 0.15) is 5.56 Å². The molecule has 0 bridgehead atoms. The monoisotopic (exact) mass is 223 g/mol. The van der Waals surface area contributed by atoms with E-state index in [1.54, 1.807) is 25.3 Å². The Labute approximate surface area is 92.8 Å². The number of methoxy groups -OCH3 is 1. The summed E-state index contributed by atoms with van der Waals surface area (Å²) in [7, 11) is 1.58. The summed E-state index contributed by atoms with van der Waals surface area (Å²) in [5, 5.41) is 4.01. The summed E-state index contributed by atoms with van der Waals surface area (Å²) in [5.74, 6) is 0.694. The van der Waals surface area contributed by atoms with Crippen LogP contribution in [0.5, 0.6) is 5.75 Å². The number of ether oxygens (including phenoxy) is 1. The summed E-state index contributed by atoms with van der Waals surface area (Å²) in [5.41, 5.74) is 8.98. The summed E-state index contributed by atoms with van der Waals surface area (Å²) in [6, 6.07) is 5.35. The molecule has 5 heteroatoms. The van der Waals surface area contributed by atoms with Gasteiger partial charge in [-0.1, -0.05) is 28.9 Å². The minimum Gasteiger partial charge on any atom is -0.496 e. The van der Waals surface area contributed by atoms with Gasteiger partial charge < -0.3 is 4.74 Å². The number of hydrogen-bond acceptors (Lipinski definition) is 2. The van der Waals surface area contributed by atoms with Crippen LogP contribution in [-0.4, -0.2) is 13.7 Å². The van der Waals surface area contributed by atoms with E-state index in [-0.39, 0.29) is 0 Å². The molecule has 0 radical (unpaired) electrons. The molecule has 1 rings (SSSR count). The Kier molecular flexibility index (Phi) is 4.54. The van der Waals surface area contributed by atoms with Gasteiger partial charge in [0.15, 0.2) is 0 Å². The van der Waals surface area contributed by atoms with Crippen molar-refractivity contribution in [3.63, 3.8) is 0 Å². The smallest absolute Gasteiger partial charge is 0.127 e. The van der Waals surface area contributed by atoms with E-state index in [1.165, 1.54) is 0 Å². The molecule has 1 aromatic rings. The van der Waals surface area contributed by atoms with Gasteiger partial charge in [-0.05, 0) is 23.7 Å². The van der Waals surface area contributed by atoms with Crippen molar-refractivity contribution < 1.29 is 4.74 Å². The maximum absolute atomic E-state index is 8.08. The van der Waals surface area contributed by atoms with Crippen molar-refractivity contribution in [2.45, 2.75) is 0 Å². The van der Waals surface area contributed by atoms with E-state index in [0.29, 0.717) is 17.3 Å². The zero-order chi connectivity index (χ0) is 11.1. The Morgan fingerprint density at radius 2 is 2.40 bits per heavy atom.